The van der Waals surface area contributed by atoms with Crippen molar-refractivity contribution in [2.24, 2.45) is 0 Å². The summed E-state index contributed by atoms with van der Waals surface area (Å²) < 4.78 is 19.9. The zero-order valence-corrected chi connectivity index (χ0v) is 13.9. The monoisotopic (exact) mass is 350 g/mol. The standard InChI is InChI=1S/C17H14N6O3/c1-24-13-6-11(7-14-17(13)26-10-25-14)12-8-22(21-18-12)9-16-20-19-15-4-2-3-5-23(15)16/h2-8H,9-10H2,1H3. The highest BCUT2D eigenvalue weighted by atomic mass is 16.7. The van der Waals surface area contributed by atoms with E-state index in [1.165, 1.54) is 0 Å². The Morgan fingerprint density at radius 1 is 1.15 bits per heavy atom. The van der Waals surface area contributed by atoms with E-state index in [9.17, 15) is 0 Å². The van der Waals surface area contributed by atoms with Crippen molar-refractivity contribution in [2.45, 2.75) is 6.54 Å². The van der Waals surface area contributed by atoms with Crippen molar-refractivity contribution >= 4 is 5.65 Å². The van der Waals surface area contributed by atoms with Crippen LogP contribution in [0.4, 0.5) is 0 Å². The number of rotatable bonds is 4. The molecule has 0 spiro atoms. The average molecular weight is 350 g/mol. The average Bonchev–Trinajstić information content (AvgIpc) is 3.41. The highest BCUT2D eigenvalue weighted by molar-refractivity contribution is 5.68. The molecular weight excluding hydrogens is 336 g/mol. The third-order valence-electron chi connectivity index (χ3n) is 4.18. The minimum atomic E-state index is 0.182. The first-order valence-electron chi connectivity index (χ1n) is 7.98. The van der Waals surface area contributed by atoms with Crippen LogP contribution in [0.25, 0.3) is 16.9 Å². The highest BCUT2D eigenvalue weighted by Crippen LogP contribution is 2.43. The van der Waals surface area contributed by atoms with Gasteiger partial charge in [0.15, 0.2) is 23.0 Å². The maximum atomic E-state index is 5.46. The Morgan fingerprint density at radius 3 is 3.04 bits per heavy atom. The second kappa shape index (κ2) is 5.73. The van der Waals surface area contributed by atoms with Gasteiger partial charge in [-0.3, -0.25) is 4.40 Å². The van der Waals surface area contributed by atoms with Gasteiger partial charge >= 0.3 is 0 Å². The molecule has 3 aromatic heterocycles. The Kier molecular flexibility index (Phi) is 3.24. The van der Waals surface area contributed by atoms with Crippen LogP contribution < -0.4 is 14.2 Å². The Morgan fingerprint density at radius 2 is 2.12 bits per heavy atom. The van der Waals surface area contributed by atoms with E-state index in [1.54, 1.807) is 11.8 Å². The second-order valence-corrected chi connectivity index (χ2v) is 5.76. The molecule has 0 N–H and O–H groups in total. The van der Waals surface area contributed by atoms with E-state index < -0.39 is 0 Å². The van der Waals surface area contributed by atoms with E-state index in [0.29, 0.717) is 29.5 Å². The Labute approximate surface area is 147 Å². The van der Waals surface area contributed by atoms with Crippen molar-refractivity contribution in [3.05, 3.63) is 48.5 Å². The van der Waals surface area contributed by atoms with Crippen molar-refractivity contribution in [3.8, 4) is 28.5 Å². The molecule has 130 valence electrons. The predicted molar refractivity (Wildman–Crippen MR) is 90.2 cm³/mol. The van der Waals surface area contributed by atoms with Crippen molar-refractivity contribution in [3.63, 3.8) is 0 Å². The molecule has 9 heteroatoms. The third-order valence-corrected chi connectivity index (χ3v) is 4.18. The smallest absolute Gasteiger partial charge is 0.231 e. The van der Waals surface area contributed by atoms with Gasteiger partial charge in [0, 0.05) is 11.8 Å². The number of methoxy groups -OCH3 is 1. The van der Waals surface area contributed by atoms with Gasteiger partial charge in [0.2, 0.25) is 12.5 Å². The number of hydrogen-bond acceptors (Lipinski definition) is 7. The van der Waals surface area contributed by atoms with Gasteiger partial charge < -0.3 is 14.2 Å². The number of benzene rings is 1. The molecule has 0 aliphatic carbocycles. The molecule has 0 atom stereocenters. The molecule has 4 heterocycles. The zero-order valence-electron chi connectivity index (χ0n) is 13.9. The van der Waals surface area contributed by atoms with Crippen molar-refractivity contribution in [2.75, 3.05) is 13.9 Å². The second-order valence-electron chi connectivity index (χ2n) is 5.76. The molecule has 0 bridgehead atoms. The fourth-order valence-corrected chi connectivity index (χ4v) is 2.93. The minimum Gasteiger partial charge on any atom is -0.493 e. The normalized spacial score (nSPS) is 12.7. The van der Waals surface area contributed by atoms with Crippen LogP contribution in [0, 0.1) is 0 Å². The van der Waals surface area contributed by atoms with Crippen LogP contribution in [-0.2, 0) is 6.54 Å². The van der Waals surface area contributed by atoms with Gasteiger partial charge in [0.25, 0.3) is 0 Å². The molecule has 4 aromatic rings. The lowest BCUT2D eigenvalue weighted by Gasteiger charge is -2.06. The maximum Gasteiger partial charge on any atom is 0.231 e. The number of fused-ring (bicyclic) bond motifs is 2. The molecule has 0 unspecified atom stereocenters. The van der Waals surface area contributed by atoms with Crippen LogP contribution in [0.15, 0.2) is 42.7 Å². The van der Waals surface area contributed by atoms with Gasteiger partial charge in [-0.1, -0.05) is 11.3 Å². The van der Waals surface area contributed by atoms with Gasteiger partial charge in [-0.2, -0.15) is 0 Å². The minimum absolute atomic E-state index is 0.182. The summed E-state index contributed by atoms with van der Waals surface area (Å²) in [6.07, 6.45) is 3.77. The third kappa shape index (κ3) is 2.32. The summed E-state index contributed by atoms with van der Waals surface area (Å²) in [4.78, 5) is 0. The Hall–Kier alpha value is -3.62. The van der Waals surface area contributed by atoms with Crippen LogP contribution in [0.1, 0.15) is 5.82 Å². The van der Waals surface area contributed by atoms with Crippen molar-refractivity contribution in [1.82, 2.24) is 29.6 Å². The molecule has 0 saturated heterocycles. The number of hydrogen-bond donors (Lipinski definition) is 0. The molecule has 1 aromatic carbocycles. The molecular formula is C17H14N6O3. The van der Waals surface area contributed by atoms with Gasteiger partial charge in [-0.05, 0) is 24.3 Å². The van der Waals surface area contributed by atoms with Crippen LogP contribution in [0.2, 0.25) is 0 Å². The number of aromatic nitrogens is 6. The summed E-state index contributed by atoms with van der Waals surface area (Å²) in [5.74, 6) is 2.63. The summed E-state index contributed by atoms with van der Waals surface area (Å²) >= 11 is 0. The molecule has 5 rings (SSSR count). The number of nitrogens with zero attached hydrogens (tertiary/aromatic N) is 6. The van der Waals surface area contributed by atoms with Crippen LogP contribution in [-0.4, -0.2) is 43.5 Å². The van der Waals surface area contributed by atoms with E-state index in [1.807, 2.05) is 47.1 Å². The SMILES string of the molecule is COc1cc(-c2cn(Cc3nnc4ccccn34)nn2)cc2c1OCO2. The van der Waals surface area contributed by atoms with Crippen molar-refractivity contribution in [1.29, 1.82) is 0 Å². The van der Waals surface area contributed by atoms with E-state index in [2.05, 4.69) is 20.5 Å². The first-order valence-corrected chi connectivity index (χ1v) is 7.98. The lowest BCUT2D eigenvalue weighted by atomic mass is 10.1. The molecule has 1 aliphatic rings. The number of pyridine rings is 1. The fourth-order valence-electron chi connectivity index (χ4n) is 2.93. The van der Waals surface area contributed by atoms with Crippen LogP contribution in [0.3, 0.4) is 0 Å². The lowest BCUT2D eigenvalue weighted by molar-refractivity contribution is 0.171. The fraction of sp³-hybridized carbons (Fsp3) is 0.176. The largest absolute Gasteiger partial charge is 0.493 e. The molecule has 0 amide bonds. The van der Waals surface area contributed by atoms with Crippen LogP contribution in [0.5, 0.6) is 17.2 Å². The molecule has 1 aliphatic heterocycles. The van der Waals surface area contributed by atoms with Gasteiger partial charge in [0.05, 0.1) is 13.3 Å². The molecule has 0 fully saturated rings. The molecule has 9 nitrogen and oxygen atoms in total. The van der Waals surface area contributed by atoms with E-state index >= 15 is 0 Å². The topological polar surface area (TPSA) is 88.6 Å². The predicted octanol–water partition coefficient (Wildman–Crippen LogP) is 1.77. The summed E-state index contributed by atoms with van der Waals surface area (Å²) in [5, 5.41) is 16.8. The van der Waals surface area contributed by atoms with Gasteiger partial charge in [-0.15, -0.1) is 15.3 Å². The Balaban J connectivity index is 1.47. The first-order chi connectivity index (χ1) is 12.8. The van der Waals surface area contributed by atoms with E-state index in [4.69, 9.17) is 14.2 Å². The quantitative estimate of drug-likeness (QED) is 0.554. The highest BCUT2D eigenvalue weighted by Gasteiger charge is 2.21. The van der Waals surface area contributed by atoms with Gasteiger partial charge in [0.1, 0.15) is 12.2 Å². The lowest BCUT2D eigenvalue weighted by Crippen LogP contribution is -2.04. The summed E-state index contributed by atoms with van der Waals surface area (Å²) in [5.41, 5.74) is 2.34. The Bertz CT molecular complexity index is 1100. The van der Waals surface area contributed by atoms with Gasteiger partial charge in [-0.25, -0.2) is 4.68 Å². The summed E-state index contributed by atoms with van der Waals surface area (Å²) in [6, 6.07) is 9.49. The molecule has 0 saturated carbocycles. The number of ether oxygens (including phenoxy) is 3. The molecule has 26 heavy (non-hydrogen) atoms. The van der Waals surface area contributed by atoms with Crippen molar-refractivity contribution < 1.29 is 14.2 Å². The van der Waals surface area contributed by atoms with E-state index in [-0.39, 0.29) is 6.79 Å². The van der Waals surface area contributed by atoms with E-state index in [0.717, 1.165) is 17.0 Å². The maximum absolute atomic E-state index is 5.46. The van der Waals surface area contributed by atoms with Crippen LogP contribution >= 0.6 is 0 Å². The summed E-state index contributed by atoms with van der Waals surface area (Å²) in [7, 11) is 1.59. The first kappa shape index (κ1) is 14.7. The summed E-state index contributed by atoms with van der Waals surface area (Å²) in [6.45, 7) is 0.641. The molecule has 0 radical (unpaired) electrons. The zero-order chi connectivity index (χ0) is 17.5.